The molecule has 1 fully saturated rings. The van der Waals surface area contributed by atoms with Gasteiger partial charge >= 0.3 is 18.7 Å². The molecular formula is C56H59O8PS. The maximum Gasteiger partial charge on any atom is 0.399 e. The number of methoxy groups -OCH3 is 2. The fraction of sp³-hybridized carbons (Fsp3) is 0.250. The summed E-state index contributed by atoms with van der Waals surface area (Å²) < 4.78 is 69.5. The molecule has 8 nitrogen and oxygen atoms in total. The summed E-state index contributed by atoms with van der Waals surface area (Å²) in [5, 5.41) is 0. The second kappa shape index (κ2) is 19.5. The van der Waals surface area contributed by atoms with Crippen molar-refractivity contribution in [1.29, 1.82) is 0 Å². The Bertz CT molecular complexity index is 2770. The minimum absolute atomic E-state index is 0.0212. The molecule has 342 valence electrons. The third-order valence-corrected chi connectivity index (χ3v) is 14.1. The zero-order valence-electron chi connectivity index (χ0n) is 39.2. The van der Waals surface area contributed by atoms with E-state index < -0.39 is 40.8 Å². The number of rotatable bonds is 15. The van der Waals surface area contributed by atoms with Crippen LogP contribution in [0.15, 0.2) is 181 Å². The van der Waals surface area contributed by atoms with Crippen LogP contribution in [0.1, 0.15) is 81.3 Å². The maximum absolute atomic E-state index is 14.4. The Balaban J connectivity index is 1.53. The second-order valence-corrected chi connectivity index (χ2v) is 20.9. The first-order chi connectivity index (χ1) is 31.5. The molecule has 0 aromatic heterocycles. The van der Waals surface area contributed by atoms with Crippen LogP contribution in [0.2, 0.25) is 0 Å². The fourth-order valence-corrected chi connectivity index (χ4v) is 10.9. The van der Waals surface area contributed by atoms with Gasteiger partial charge < -0.3 is 18.2 Å². The standard InChI is InChI=1S/C56H59O8PS/c1-11-12-13-14-24-35-55(41-25-18-15-19-26-41)56(42-27-20-16-21-28-42,43-29-22-17-23-30-43)64-65(63-55)61-51-47(36-44(59-9)38-49(51)53(3,4)5)48-37-45(60-10)39-50(54(6,7)8)52(48)62-66(57,58)46-33-31-40(2)32-34-46/h11-34,36-39H,1,35H2,2-10H3/b13-12-,24-14-. The highest BCUT2D eigenvalue weighted by Crippen LogP contribution is 2.70. The van der Waals surface area contributed by atoms with Crippen molar-refractivity contribution in [3.05, 3.63) is 210 Å². The van der Waals surface area contributed by atoms with Gasteiger partial charge in [-0.3, -0.25) is 9.05 Å². The van der Waals surface area contributed by atoms with Crippen LogP contribution in [-0.2, 0) is 41.2 Å². The van der Waals surface area contributed by atoms with Crippen molar-refractivity contribution in [3.8, 4) is 34.1 Å². The molecule has 1 heterocycles. The van der Waals surface area contributed by atoms with Gasteiger partial charge in [0, 0.05) is 28.7 Å². The van der Waals surface area contributed by atoms with Crippen molar-refractivity contribution in [3.63, 3.8) is 0 Å². The van der Waals surface area contributed by atoms with E-state index in [1.54, 1.807) is 50.6 Å². The summed E-state index contributed by atoms with van der Waals surface area (Å²) in [4.78, 5) is 0.0212. The molecular weight excluding hydrogens is 864 g/mol. The molecule has 0 aliphatic carbocycles. The Labute approximate surface area is 392 Å². The van der Waals surface area contributed by atoms with Crippen LogP contribution in [0.3, 0.4) is 0 Å². The normalized spacial score (nSPS) is 17.5. The quantitative estimate of drug-likeness (QED) is 0.0572. The van der Waals surface area contributed by atoms with Gasteiger partial charge in [-0.15, -0.1) is 0 Å². The van der Waals surface area contributed by atoms with Crippen LogP contribution in [0.5, 0.6) is 23.0 Å². The molecule has 6 aromatic rings. The van der Waals surface area contributed by atoms with E-state index in [0.717, 1.165) is 27.8 Å². The third kappa shape index (κ3) is 9.63. The number of hydrogen-bond donors (Lipinski definition) is 0. The lowest BCUT2D eigenvalue weighted by atomic mass is 9.68. The lowest BCUT2D eigenvalue weighted by Gasteiger charge is -2.43. The van der Waals surface area contributed by atoms with E-state index in [-0.39, 0.29) is 10.6 Å². The molecule has 0 radical (unpaired) electrons. The summed E-state index contributed by atoms with van der Waals surface area (Å²) in [5.74, 6) is 1.55. The summed E-state index contributed by atoms with van der Waals surface area (Å²) in [7, 11) is -3.48. The molecule has 1 saturated heterocycles. The van der Waals surface area contributed by atoms with Crippen LogP contribution in [0.25, 0.3) is 11.1 Å². The highest BCUT2D eigenvalue weighted by molar-refractivity contribution is 7.87. The smallest absolute Gasteiger partial charge is 0.399 e. The predicted octanol–water partition coefficient (Wildman–Crippen LogP) is 14.2. The molecule has 0 N–H and O–H groups in total. The molecule has 2 unspecified atom stereocenters. The Morgan fingerprint density at radius 2 is 1.11 bits per heavy atom. The minimum atomic E-state index is -4.36. The van der Waals surface area contributed by atoms with Gasteiger partial charge in [0.1, 0.15) is 27.7 Å². The van der Waals surface area contributed by atoms with E-state index in [4.69, 9.17) is 27.2 Å². The van der Waals surface area contributed by atoms with E-state index in [2.05, 4.69) is 69.8 Å². The Kier molecular flexibility index (Phi) is 14.2. The largest absolute Gasteiger partial charge is 0.497 e. The average molecular weight is 923 g/mol. The van der Waals surface area contributed by atoms with Crippen LogP contribution in [-0.4, -0.2) is 22.6 Å². The first kappa shape index (κ1) is 48.0. The van der Waals surface area contributed by atoms with Crippen LogP contribution in [0.4, 0.5) is 0 Å². The molecule has 0 spiro atoms. The first-order valence-electron chi connectivity index (χ1n) is 21.9. The number of allylic oxidation sites excluding steroid dienone is 4. The monoisotopic (exact) mass is 922 g/mol. The molecule has 66 heavy (non-hydrogen) atoms. The number of hydrogen-bond acceptors (Lipinski definition) is 8. The average Bonchev–Trinajstić information content (AvgIpc) is 3.64. The van der Waals surface area contributed by atoms with Crippen LogP contribution in [0, 0.1) is 6.92 Å². The fourth-order valence-electron chi connectivity index (χ4n) is 8.31. The van der Waals surface area contributed by atoms with E-state index in [9.17, 15) is 8.42 Å². The summed E-state index contributed by atoms with van der Waals surface area (Å²) in [6.45, 7) is 18.0. The van der Waals surface area contributed by atoms with Crippen LogP contribution >= 0.6 is 8.60 Å². The van der Waals surface area contributed by atoms with Crippen molar-refractivity contribution in [2.24, 2.45) is 0 Å². The molecule has 6 aromatic carbocycles. The SMILES string of the molecule is C=C/C=C\C=C/CC1(c2ccccc2)OP(Oc2c(-c3cc(OC)cc(C(C)(C)C)c3OS(=O)(=O)c3ccc(C)cc3)cc(OC)cc2C(C)(C)C)OC1(c1ccccc1)c1ccccc1. The Hall–Kier alpha value is -5.96. The predicted molar refractivity (Wildman–Crippen MR) is 266 cm³/mol. The van der Waals surface area contributed by atoms with Gasteiger partial charge in [-0.25, -0.2) is 0 Å². The number of benzene rings is 6. The number of aryl methyl sites for hydroxylation is 1. The van der Waals surface area contributed by atoms with Gasteiger partial charge in [0.25, 0.3) is 0 Å². The van der Waals surface area contributed by atoms with Gasteiger partial charge in [0.2, 0.25) is 0 Å². The summed E-state index contributed by atoms with van der Waals surface area (Å²) in [6, 6.07) is 44.4. The Morgan fingerprint density at radius 1 is 0.621 bits per heavy atom. The lowest BCUT2D eigenvalue weighted by molar-refractivity contribution is -0.0279. The van der Waals surface area contributed by atoms with Crippen molar-refractivity contribution < 1.29 is 35.6 Å². The molecule has 1 aliphatic rings. The van der Waals surface area contributed by atoms with Gasteiger partial charge in [0.05, 0.1) is 14.2 Å². The zero-order chi connectivity index (χ0) is 47.3. The molecule has 0 bridgehead atoms. The topological polar surface area (TPSA) is 89.5 Å². The van der Waals surface area contributed by atoms with E-state index in [0.29, 0.717) is 40.4 Å². The lowest BCUT2D eigenvalue weighted by Crippen LogP contribution is -2.47. The minimum Gasteiger partial charge on any atom is -0.497 e. The molecule has 0 amide bonds. The molecule has 1 aliphatic heterocycles. The number of ether oxygens (including phenoxy) is 2. The molecule has 2 atom stereocenters. The summed E-state index contributed by atoms with van der Waals surface area (Å²) >= 11 is 0. The zero-order valence-corrected chi connectivity index (χ0v) is 40.9. The van der Waals surface area contributed by atoms with E-state index in [1.165, 1.54) is 0 Å². The van der Waals surface area contributed by atoms with Gasteiger partial charge in [0.15, 0.2) is 11.4 Å². The molecule has 7 rings (SSSR count). The third-order valence-electron chi connectivity index (χ3n) is 11.7. The summed E-state index contributed by atoms with van der Waals surface area (Å²) in [6.07, 6.45) is 9.99. The van der Waals surface area contributed by atoms with Crippen molar-refractivity contribution in [2.45, 2.75) is 81.8 Å². The summed E-state index contributed by atoms with van der Waals surface area (Å²) in [5.41, 5.74) is 2.18. The molecule has 10 heteroatoms. The first-order valence-corrected chi connectivity index (χ1v) is 24.4. The molecule has 0 saturated carbocycles. The van der Waals surface area contributed by atoms with Crippen LogP contribution < -0.4 is 18.2 Å². The highest BCUT2D eigenvalue weighted by atomic mass is 32.2. The highest BCUT2D eigenvalue weighted by Gasteiger charge is 2.65. The van der Waals surface area contributed by atoms with Crippen molar-refractivity contribution >= 4 is 18.7 Å². The van der Waals surface area contributed by atoms with Gasteiger partial charge in [-0.2, -0.15) is 8.42 Å². The maximum atomic E-state index is 14.4. The van der Waals surface area contributed by atoms with Gasteiger partial charge in [-0.05, 0) is 70.8 Å². The van der Waals surface area contributed by atoms with Crippen molar-refractivity contribution in [1.82, 2.24) is 0 Å². The van der Waals surface area contributed by atoms with E-state index in [1.807, 2.05) is 119 Å². The van der Waals surface area contributed by atoms with Crippen molar-refractivity contribution in [2.75, 3.05) is 14.2 Å². The van der Waals surface area contributed by atoms with Gasteiger partial charge in [-0.1, -0.05) is 187 Å². The Morgan fingerprint density at radius 3 is 1.59 bits per heavy atom. The van der Waals surface area contributed by atoms with E-state index >= 15 is 0 Å². The second-order valence-electron chi connectivity index (χ2n) is 18.3.